The Morgan fingerprint density at radius 1 is 0.926 bits per heavy atom. The normalized spacial score (nSPS) is 16.8. The molecule has 1 aliphatic rings. The van der Waals surface area contributed by atoms with Crippen molar-refractivity contribution < 1.29 is 21.9 Å². The lowest BCUT2D eigenvalue weighted by Gasteiger charge is -2.21. The molecule has 0 aliphatic carbocycles. The molecule has 0 saturated carbocycles. The fraction of sp³-hybridized carbons (Fsp3) is 0.368. The van der Waals surface area contributed by atoms with Crippen molar-refractivity contribution in [3.05, 3.63) is 60.2 Å². The second-order valence-electron chi connectivity index (χ2n) is 6.36. The second-order valence-corrected chi connectivity index (χ2v) is 8.30. The number of ether oxygens (including phenoxy) is 1. The van der Waals surface area contributed by atoms with Gasteiger partial charge in [-0.25, -0.2) is 17.2 Å². The van der Waals surface area contributed by atoms with Crippen LogP contribution in [0.3, 0.4) is 0 Å². The van der Waals surface area contributed by atoms with Crippen LogP contribution < -0.4 is 4.74 Å². The van der Waals surface area contributed by atoms with Crippen LogP contribution in [0.1, 0.15) is 6.42 Å². The van der Waals surface area contributed by atoms with Gasteiger partial charge in [0, 0.05) is 32.2 Å². The van der Waals surface area contributed by atoms with Gasteiger partial charge in [-0.2, -0.15) is 4.31 Å². The number of nitrogens with zero attached hydrogens (tertiary/aromatic N) is 2. The van der Waals surface area contributed by atoms with Crippen LogP contribution >= 0.6 is 0 Å². The van der Waals surface area contributed by atoms with E-state index in [-0.39, 0.29) is 10.7 Å². The van der Waals surface area contributed by atoms with E-state index in [2.05, 4.69) is 4.90 Å². The fourth-order valence-corrected chi connectivity index (χ4v) is 4.49. The molecule has 0 amide bonds. The average Bonchev–Trinajstić information content (AvgIpc) is 2.88. The highest BCUT2D eigenvalue weighted by Crippen LogP contribution is 2.18. The van der Waals surface area contributed by atoms with Crippen LogP contribution in [0.4, 0.5) is 8.78 Å². The molecule has 0 aromatic heterocycles. The number of halogens is 2. The molecule has 5 nitrogen and oxygen atoms in total. The van der Waals surface area contributed by atoms with E-state index in [0.717, 1.165) is 18.7 Å². The molecule has 0 radical (unpaired) electrons. The highest BCUT2D eigenvalue weighted by atomic mass is 32.2. The van der Waals surface area contributed by atoms with Gasteiger partial charge >= 0.3 is 0 Å². The summed E-state index contributed by atoms with van der Waals surface area (Å²) >= 11 is 0. The van der Waals surface area contributed by atoms with Crippen LogP contribution in [-0.2, 0) is 10.0 Å². The summed E-state index contributed by atoms with van der Waals surface area (Å²) in [5, 5.41) is 0. The fourth-order valence-electron chi connectivity index (χ4n) is 3.02. The molecule has 0 N–H and O–H groups in total. The smallest absolute Gasteiger partial charge is 0.243 e. The Balaban J connectivity index is 1.53. The molecule has 3 rings (SSSR count). The van der Waals surface area contributed by atoms with E-state index in [1.807, 2.05) is 0 Å². The first-order chi connectivity index (χ1) is 12.9. The summed E-state index contributed by atoms with van der Waals surface area (Å²) in [6.45, 7) is 3.13. The van der Waals surface area contributed by atoms with Gasteiger partial charge in [-0.3, -0.25) is 4.90 Å². The van der Waals surface area contributed by atoms with E-state index >= 15 is 0 Å². The van der Waals surface area contributed by atoms with Gasteiger partial charge in [-0.05, 0) is 49.4 Å². The molecule has 0 unspecified atom stereocenters. The Hall–Kier alpha value is -2.03. The maximum absolute atomic E-state index is 13.1. The van der Waals surface area contributed by atoms with Gasteiger partial charge in [0.05, 0.1) is 4.90 Å². The molecule has 146 valence electrons. The van der Waals surface area contributed by atoms with E-state index in [0.29, 0.717) is 45.0 Å². The molecule has 0 spiro atoms. The Labute approximate surface area is 158 Å². The van der Waals surface area contributed by atoms with Gasteiger partial charge in [0.25, 0.3) is 0 Å². The largest absolute Gasteiger partial charge is 0.492 e. The minimum absolute atomic E-state index is 0.104. The minimum atomic E-state index is -3.63. The van der Waals surface area contributed by atoms with Crippen molar-refractivity contribution in [1.29, 1.82) is 0 Å². The third-order valence-electron chi connectivity index (χ3n) is 4.47. The molecule has 1 aliphatic heterocycles. The maximum Gasteiger partial charge on any atom is 0.243 e. The lowest BCUT2D eigenvalue weighted by atomic mass is 10.3. The van der Waals surface area contributed by atoms with Gasteiger partial charge in [-0.1, -0.05) is 6.07 Å². The van der Waals surface area contributed by atoms with Crippen molar-refractivity contribution in [2.75, 3.05) is 39.3 Å². The number of hydrogen-bond acceptors (Lipinski definition) is 4. The molecule has 2 aromatic rings. The monoisotopic (exact) mass is 396 g/mol. The van der Waals surface area contributed by atoms with E-state index < -0.39 is 15.8 Å². The molecule has 1 saturated heterocycles. The van der Waals surface area contributed by atoms with Gasteiger partial charge in [-0.15, -0.1) is 0 Å². The Morgan fingerprint density at radius 3 is 2.44 bits per heavy atom. The summed E-state index contributed by atoms with van der Waals surface area (Å²) in [5.74, 6) is -0.330. The third-order valence-corrected chi connectivity index (χ3v) is 6.38. The van der Waals surface area contributed by atoms with E-state index in [4.69, 9.17) is 4.74 Å². The van der Waals surface area contributed by atoms with Crippen molar-refractivity contribution in [2.45, 2.75) is 11.3 Å². The molecule has 8 heteroatoms. The first kappa shape index (κ1) is 19.7. The summed E-state index contributed by atoms with van der Waals surface area (Å²) in [4.78, 5) is 2.23. The number of hydrogen-bond donors (Lipinski definition) is 0. The minimum Gasteiger partial charge on any atom is -0.492 e. The van der Waals surface area contributed by atoms with Crippen LogP contribution in [0.2, 0.25) is 0 Å². The standard InChI is InChI=1S/C19H22F2N2O3S/c20-16-5-7-19(8-6-16)27(24,25)23-10-2-9-22(11-12-23)13-14-26-18-4-1-3-17(21)15-18/h1,3-8,15H,2,9-14H2. The number of benzene rings is 2. The van der Waals surface area contributed by atoms with Crippen molar-refractivity contribution in [1.82, 2.24) is 9.21 Å². The Kier molecular flexibility index (Phi) is 6.41. The Bertz CT molecular complexity index is 860. The van der Waals surface area contributed by atoms with E-state index in [9.17, 15) is 17.2 Å². The van der Waals surface area contributed by atoms with Crippen molar-refractivity contribution in [2.24, 2.45) is 0 Å². The zero-order valence-electron chi connectivity index (χ0n) is 14.9. The second kappa shape index (κ2) is 8.77. The molecule has 2 aromatic carbocycles. The van der Waals surface area contributed by atoms with Crippen LogP contribution in [0, 0.1) is 11.6 Å². The zero-order chi connectivity index (χ0) is 19.3. The average molecular weight is 396 g/mol. The SMILES string of the molecule is O=S(=O)(c1ccc(F)cc1)N1CCCN(CCOc2cccc(F)c2)CC1. The lowest BCUT2D eigenvalue weighted by molar-refractivity contribution is 0.215. The highest BCUT2D eigenvalue weighted by molar-refractivity contribution is 7.89. The third kappa shape index (κ3) is 5.24. The van der Waals surface area contributed by atoms with E-state index in [1.54, 1.807) is 12.1 Å². The van der Waals surface area contributed by atoms with Crippen LogP contribution in [0.5, 0.6) is 5.75 Å². The first-order valence-corrected chi connectivity index (χ1v) is 10.3. The molecule has 1 fully saturated rings. The quantitative estimate of drug-likeness (QED) is 0.754. The van der Waals surface area contributed by atoms with Gasteiger partial charge in [0.2, 0.25) is 10.0 Å². The number of rotatable bonds is 6. The summed E-state index contributed by atoms with van der Waals surface area (Å²) in [5.41, 5.74) is 0. The highest BCUT2D eigenvalue weighted by Gasteiger charge is 2.26. The summed E-state index contributed by atoms with van der Waals surface area (Å²) in [6.07, 6.45) is 0.695. The maximum atomic E-state index is 13.1. The topological polar surface area (TPSA) is 49.9 Å². The van der Waals surface area contributed by atoms with Crippen LogP contribution in [-0.4, -0.2) is 57.0 Å². The zero-order valence-corrected chi connectivity index (χ0v) is 15.7. The Morgan fingerprint density at radius 2 is 1.70 bits per heavy atom. The molecule has 27 heavy (non-hydrogen) atoms. The van der Waals surface area contributed by atoms with Crippen molar-refractivity contribution in [3.8, 4) is 5.75 Å². The summed E-state index contributed by atoms with van der Waals surface area (Å²) in [6, 6.07) is 10.9. The molecule has 1 heterocycles. The van der Waals surface area contributed by atoms with Crippen molar-refractivity contribution in [3.63, 3.8) is 0 Å². The summed E-state index contributed by atoms with van der Waals surface area (Å²) < 4.78 is 58.6. The molecular formula is C19H22F2N2O3S. The predicted molar refractivity (Wildman–Crippen MR) is 98.1 cm³/mol. The lowest BCUT2D eigenvalue weighted by Crippen LogP contribution is -2.36. The predicted octanol–water partition coefficient (Wildman–Crippen LogP) is 2.74. The summed E-state index contributed by atoms with van der Waals surface area (Å²) in [7, 11) is -3.63. The van der Waals surface area contributed by atoms with E-state index in [1.165, 1.54) is 28.6 Å². The molecule has 0 bridgehead atoms. The molecule has 0 atom stereocenters. The van der Waals surface area contributed by atoms with Gasteiger partial charge in [0.15, 0.2) is 0 Å². The van der Waals surface area contributed by atoms with Gasteiger partial charge in [0.1, 0.15) is 24.0 Å². The van der Waals surface area contributed by atoms with Crippen LogP contribution in [0.25, 0.3) is 0 Å². The van der Waals surface area contributed by atoms with Gasteiger partial charge < -0.3 is 4.74 Å². The van der Waals surface area contributed by atoms with Crippen molar-refractivity contribution >= 4 is 10.0 Å². The molecular weight excluding hydrogens is 374 g/mol. The van der Waals surface area contributed by atoms with Crippen LogP contribution in [0.15, 0.2) is 53.4 Å². The number of sulfonamides is 1. The first-order valence-electron chi connectivity index (χ1n) is 8.81.